The van der Waals surface area contributed by atoms with Gasteiger partial charge in [0.05, 0.1) is 22.3 Å². The zero-order valence-electron chi connectivity index (χ0n) is 16.6. The van der Waals surface area contributed by atoms with Crippen LogP contribution in [0.4, 0.5) is 0 Å². The highest BCUT2D eigenvalue weighted by atomic mass is 16.5. The molecule has 0 aliphatic carbocycles. The predicted molar refractivity (Wildman–Crippen MR) is 113 cm³/mol. The number of carbonyl (C=O) groups excluding carboxylic acids is 2. The molecule has 0 unspecified atom stereocenters. The molecule has 0 aliphatic rings. The van der Waals surface area contributed by atoms with Crippen molar-refractivity contribution in [2.45, 2.75) is 20.3 Å². The molecule has 0 bridgehead atoms. The average molecular weight is 400 g/mol. The van der Waals surface area contributed by atoms with Crippen molar-refractivity contribution in [1.29, 1.82) is 0 Å². The van der Waals surface area contributed by atoms with Gasteiger partial charge in [0.2, 0.25) is 0 Å². The Kier molecular flexibility index (Phi) is 5.26. The van der Waals surface area contributed by atoms with Crippen LogP contribution in [0, 0.1) is 6.92 Å². The topological polar surface area (TPSA) is 97.1 Å². The standard InChI is InChI=1S/C23H20N4O3/c1-3-15-9-11-17(12-10-15)21(28)25-26-22(29)18-13-19(16-7-5-4-6-8-16)24-23-20(18)14(2)27-30-23/h4-13H,3H2,1-2H3,(H,25,28)(H,26,29). The summed E-state index contributed by atoms with van der Waals surface area (Å²) >= 11 is 0. The van der Waals surface area contributed by atoms with Crippen LogP contribution in [-0.2, 0) is 6.42 Å². The summed E-state index contributed by atoms with van der Waals surface area (Å²) in [5.74, 6) is -0.883. The molecule has 0 spiro atoms. The fourth-order valence-electron chi connectivity index (χ4n) is 3.18. The number of hydrogen-bond donors (Lipinski definition) is 2. The second-order valence-electron chi connectivity index (χ2n) is 6.83. The number of benzene rings is 2. The van der Waals surface area contributed by atoms with Gasteiger partial charge in [-0.15, -0.1) is 0 Å². The van der Waals surface area contributed by atoms with Crippen LogP contribution in [0.15, 0.2) is 65.2 Å². The lowest BCUT2D eigenvalue weighted by Crippen LogP contribution is -2.41. The average Bonchev–Trinajstić information content (AvgIpc) is 3.18. The number of rotatable bonds is 4. The summed E-state index contributed by atoms with van der Waals surface area (Å²) in [6, 6.07) is 18.3. The van der Waals surface area contributed by atoms with Gasteiger partial charge in [-0.3, -0.25) is 20.4 Å². The van der Waals surface area contributed by atoms with Gasteiger partial charge in [-0.1, -0.05) is 54.5 Å². The molecule has 0 fully saturated rings. The number of fused-ring (bicyclic) bond motifs is 1. The van der Waals surface area contributed by atoms with Crippen LogP contribution in [0.2, 0.25) is 0 Å². The first-order valence-corrected chi connectivity index (χ1v) is 9.59. The zero-order valence-corrected chi connectivity index (χ0v) is 16.6. The molecule has 7 nitrogen and oxygen atoms in total. The molecule has 0 saturated heterocycles. The van der Waals surface area contributed by atoms with E-state index in [4.69, 9.17) is 4.52 Å². The number of nitrogens with one attached hydrogen (secondary N) is 2. The highest BCUT2D eigenvalue weighted by Crippen LogP contribution is 2.26. The van der Waals surface area contributed by atoms with Crippen LogP contribution < -0.4 is 10.9 Å². The number of carbonyl (C=O) groups is 2. The highest BCUT2D eigenvalue weighted by molar-refractivity contribution is 6.08. The number of aromatic nitrogens is 2. The van der Waals surface area contributed by atoms with Gasteiger partial charge in [-0.2, -0.15) is 0 Å². The third-order valence-corrected chi connectivity index (χ3v) is 4.85. The van der Waals surface area contributed by atoms with E-state index in [9.17, 15) is 9.59 Å². The summed E-state index contributed by atoms with van der Waals surface area (Å²) in [6.45, 7) is 3.78. The molecule has 0 aliphatic heterocycles. The molecular weight excluding hydrogens is 380 g/mol. The van der Waals surface area contributed by atoms with Crippen molar-refractivity contribution in [3.8, 4) is 11.3 Å². The second kappa shape index (κ2) is 8.16. The Balaban J connectivity index is 1.60. The molecule has 4 aromatic rings. The van der Waals surface area contributed by atoms with Crippen LogP contribution in [0.5, 0.6) is 0 Å². The second-order valence-corrected chi connectivity index (χ2v) is 6.83. The lowest BCUT2D eigenvalue weighted by molar-refractivity contribution is 0.0847. The van der Waals surface area contributed by atoms with Gasteiger partial charge in [0, 0.05) is 11.1 Å². The Morgan fingerprint density at radius 2 is 1.67 bits per heavy atom. The fourth-order valence-corrected chi connectivity index (χ4v) is 3.18. The fraction of sp³-hybridized carbons (Fsp3) is 0.130. The molecule has 7 heteroatoms. The predicted octanol–water partition coefficient (Wildman–Crippen LogP) is 3.84. The smallest absolute Gasteiger partial charge is 0.270 e. The van der Waals surface area contributed by atoms with Crippen molar-refractivity contribution in [1.82, 2.24) is 21.0 Å². The van der Waals surface area contributed by atoms with Crippen LogP contribution in [-0.4, -0.2) is 22.0 Å². The van der Waals surface area contributed by atoms with Crippen LogP contribution in [0.1, 0.15) is 38.9 Å². The summed E-state index contributed by atoms with van der Waals surface area (Å²) in [4.78, 5) is 29.8. The normalized spacial score (nSPS) is 10.7. The molecule has 150 valence electrons. The molecule has 2 aromatic carbocycles. The van der Waals surface area contributed by atoms with Gasteiger partial charge >= 0.3 is 0 Å². The Labute approximate surface area is 173 Å². The molecule has 0 saturated carbocycles. The van der Waals surface area contributed by atoms with Crippen LogP contribution in [0.3, 0.4) is 0 Å². The van der Waals surface area contributed by atoms with E-state index in [0.29, 0.717) is 27.9 Å². The Morgan fingerprint density at radius 3 is 2.37 bits per heavy atom. The third-order valence-electron chi connectivity index (χ3n) is 4.85. The minimum atomic E-state index is -0.482. The van der Waals surface area contributed by atoms with E-state index < -0.39 is 11.8 Å². The van der Waals surface area contributed by atoms with Gasteiger partial charge in [0.1, 0.15) is 0 Å². The van der Waals surface area contributed by atoms with Crippen molar-refractivity contribution in [3.63, 3.8) is 0 Å². The van der Waals surface area contributed by atoms with E-state index in [1.54, 1.807) is 25.1 Å². The summed E-state index contributed by atoms with van der Waals surface area (Å²) in [7, 11) is 0. The van der Waals surface area contributed by atoms with E-state index >= 15 is 0 Å². The molecule has 0 atom stereocenters. The van der Waals surface area contributed by atoms with E-state index in [1.807, 2.05) is 49.4 Å². The molecule has 4 rings (SSSR count). The van der Waals surface area contributed by atoms with Crippen LogP contribution >= 0.6 is 0 Å². The largest absolute Gasteiger partial charge is 0.335 e. The zero-order chi connectivity index (χ0) is 21.1. The van der Waals surface area contributed by atoms with E-state index in [-0.39, 0.29) is 5.71 Å². The lowest BCUT2D eigenvalue weighted by Gasteiger charge is -2.10. The molecule has 2 aromatic heterocycles. The van der Waals surface area contributed by atoms with Gasteiger partial charge in [0.25, 0.3) is 17.5 Å². The minimum Gasteiger partial charge on any atom is -0.335 e. The summed E-state index contributed by atoms with van der Waals surface area (Å²) in [5.41, 5.74) is 9.06. The summed E-state index contributed by atoms with van der Waals surface area (Å²) in [6.07, 6.45) is 0.887. The van der Waals surface area contributed by atoms with Gasteiger partial charge in [-0.05, 0) is 37.1 Å². The van der Waals surface area contributed by atoms with Crippen molar-refractivity contribution >= 4 is 22.9 Å². The van der Waals surface area contributed by atoms with E-state index in [1.165, 1.54) is 0 Å². The number of aryl methyl sites for hydroxylation is 2. The van der Waals surface area contributed by atoms with E-state index in [0.717, 1.165) is 17.5 Å². The van der Waals surface area contributed by atoms with Crippen molar-refractivity contribution < 1.29 is 14.1 Å². The Hall–Kier alpha value is -4.00. The highest BCUT2D eigenvalue weighted by Gasteiger charge is 2.20. The lowest BCUT2D eigenvalue weighted by atomic mass is 10.1. The summed E-state index contributed by atoms with van der Waals surface area (Å²) < 4.78 is 5.29. The van der Waals surface area contributed by atoms with Crippen molar-refractivity contribution in [2.24, 2.45) is 0 Å². The monoisotopic (exact) mass is 400 g/mol. The number of pyridine rings is 1. The van der Waals surface area contributed by atoms with Crippen molar-refractivity contribution in [2.75, 3.05) is 0 Å². The summed E-state index contributed by atoms with van der Waals surface area (Å²) in [5, 5.41) is 4.44. The van der Waals surface area contributed by atoms with Crippen molar-refractivity contribution in [3.05, 3.63) is 83.0 Å². The number of hydrogen-bond acceptors (Lipinski definition) is 5. The Bertz CT molecular complexity index is 1210. The quantitative estimate of drug-likeness (QED) is 0.508. The first-order chi connectivity index (χ1) is 14.6. The molecule has 2 heterocycles. The minimum absolute atomic E-state index is 0.264. The molecule has 0 radical (unpaired) electrons. The Morgan fingerprint density at radius 1 is 0.967 bits per heavy atom. The first kappa shape index (κ1) is 19.3. The molecule has 2 N–H and O–H groups in total. The van der Waals surface area contributed by atoms with E-state index in [2.05, 4.69) is 21.0 Å². The maximum absolute atomic E-state index is 12.9. The SMILES string of the molecule is CCc1ccc(C(=O)NNC(=O)c2cc(-c3ccccc3)nc3onc(C)c23)cc1. The maximum atomic E-state index is 12.9. The number of amides is 2. The maximum Gasteiger partial charge on any atom is 0.270 e. The van der Waals surface area contributed by atoms with Crippen LogP contribution in [0.25, 0.3) is 22.4 Å². The first-order valence-electron chi connectivity index (χ1n) is 9.59. The molecular formula is C23H20N4O3. The van der Waals surface area contributed by atoms with Gasteiger partial charge in [0.15, 0.2) is 0 Å². The molecule has 2 amide bonds. The number of nitrogens with zero attached hydrogens (tertiary/aromatic N) is 2. The third kappa shape index (κ3) is 3.77. The van der Waals surface area contributed by atoms with Gasteiger partial charge < -0.3 is 4.52 Å². The number of hydrazine groups is 1. The molecule has 30 heavy (non-hydrogen) atoms. The van der Waals surface area contributed by atoms with Gasteiger partial charge in [-0.25, -0.2) is 4.98 Å².